The third-order valence-corrected chi connectivity index (χ3v) is 3.05. The molecule has 0 bridgehead atoms. The highest BCUT2D eigenvalue weighted by Crippen LogP contribution is 2.11. The first-order valence-electron chi connectivity index (χ1n) is 7.09. The fourth-order valence-electron chi connectivity index (χ4n) is 1.97. The van der Waals surface area contributed by atoms with Gasteiger partial charge in [-0.1, -0.05) is 18.2 Å². The number of aryl methyl sites for hydroxylation is 2. The molecule has 0 fully saturated rings. The Hall–Kier alpha value is -2.36. The summed E-state index contributed by atoms with van der Waals surface area (Å²) in [6.45, 7) is 2.69. The van der Waals surface area contributed by atoms with Crippen molar-refractivity contribution in [2.75, 3.05) is 13.2 Å². The minimum atomic E-state index is -0.0947. The molecule has 1 aromatic heterocycles. The molecule has 0 atom stereocenters. The molecule has 0 aliphatic carbocycles. The van der Waals surface area contributed by atoms with Gasteiger partial charge in [0.25, 0.3) is 5.91 Å². The molecule has 1 heterocycles. The van der Waals surface area contributed by atoms with E-state index in [0.717, 1.165) is 24.2 Å². The van der Waals surface area contributed by atoms with E-state index in [9.17, 15) is 4.79 Å². The van der Waals surface area contributed by atoms with E-state index in [1.54, 1.807) is 6.20 Å². The van der Waals surface area contributed by atoms with Gasteiger partial charge in [-0.15, -0.1) is 0 Å². The van der Waals surface area contributed by atoms with Gasteiger partial charge in [0.1, 0.15) is 5.75 Å². The fourth-order valence-corrected chi connectivity index (χ4v) is 1.97. The maximum atomic E-state index is 11.7. The maximum Gasteiger partial charge on any atom is 0.257 e. The first kappa shape index (κ1) is 15.0. The smallest absolute Gasteiger partial charge is 0.257 e. The van der Waals surface area contributed by atoms with Crippen LogP contribution in [0.15, 0.2) is 48.8 Å². The molecule has 4 heteroatoms. The van der Waals surface area contributed by atoms with Crippen molar-refractivity contribution >= 4 is 5.91 Å². The monoisotopic (exact) mass is 284 g/mol. The molecular formula is C17H20N2O2. The van der Waals surface area contributed by atoms with Crippen molar-refractivity contribution in [3.05, 3.63) is 59.9 Å². The number of carbonyl (C=O) groups excluding carboxylic acids is 1. The van der Waals surface area contributed by atoms with Gasteiger partial charge in [-0.25, -0.2) is 0 Å². The molecule has 0 saturated carbocycles. The summed E-state index contributed by atoms with van der Waals surface area (Å²) in [5, 5.41) is 2.85. The number of nitrogens with zero attached hydrogens (tertiary/aromatic N) is 1. The molecule has 0 spiro atoms. The number of hydrogen-bond donors (Lipinski definition) is 1. The van der Waals surface area contributed by atoms with Crippen LogP contribution in [0.3, 0.4) is 0 Å². The summed E-state index contributed by atoms with van der Waals surface area (Å²) in [6.07, 6.45) is 5.41. The van der Waals surface area contributed by atoms with Gasteiger partial charge >= 0.3 is 0 Å². The minimum Gasteiger partial charge on any atom is -0.484 e. The quantitative estimate of drug-likeness (QED) is 0.795. The lowest BCUT2D eigenvalue weighted by Gasteiger charge is -2.08. The first-order chi connectivity index (χ1) is 10.2. The second-order valence-corrected chi connectivity index (χ2v) is 4.92. The Morgan fingerprint density at radius 1 is 1.29 bits per heavy atom. The van der Waals surface area contributed by atoms with Crippen molar-refractivity contribution in [3.63, 3.8) is 0 Å². The zero-order valence-corrected chi connectivity index (χ0v) is 12.2. The first-order valence-corrected chi connectivity index (χ1v) is 7.09. The van der Waals surface area contributed by atoms with Crippen LogP contribution in [0.4, 0.5) is 0 Å². The molecule has 0 radical (unpaired) electrons. The summed E-state index contributed by atoms with van der Waals surface area (Å²) in [7, 11) is 0. The molecule has 0 aliphatic rings. The highest BCUT2D eigenvalue weighted by atomic mass is 16.5. The zero-order chi connectivity index (χ0) is 14.9. The summed E-state index contributed by atoms with van der Waals surface area (Å²) in [6, 6.07) is 11.6. The number of pyridine rings is 1. The van der Waals surface area contributed by atoms with Gasteiger partial charge < -0.3 is 10.1 Å². The number of ether oxygens (including phenoxy) is 1. The van der Waals surface area contributed by atoms with E-state index in [1.165, 1.54) is 5.56 Å². The predicted molar refractivity (Wildman–Crippen MR) is 82.2 cm³/mol. The summed E-state index contributed by atoms with van der Waals surface area (Å²) in [5.74, 6) is 0.628. The molecule has 1 amide bonds. The fraction of sp³-hybridized carbons (Fsp3) is 0.294. The van der Waals surface area contributed by atoms with E-state index in [0.29, 0.717) is 6.54 Å². The number of hydrogen-bond acceptors (Lipinski definition) is 3. The summed E-state index contributed by atoms with van der Waals surface area (Å²) in [5.41, 5.74) is 2.30. The highest BCUT2D eigenvalue weighted by Gasteiger charge is 2.02. The molecule has 1 N–H and O–H groups in total. The van der Waals surface area contributed by atoms with Crippen LogP contribution in [0.2, 0.25) is 0 Å². The molecular weight excluding hydrogens is 264 g/mol. The van der Waals surface area contributed by atoms with E-state index < -0.39 is 0 Å². The Bertz CT molecular complexity index is 570. The molecule has 4 nitrogen and oxygen atoms in total. The van der Waals surface area contributed by atoms with Gasteiger partial charge in [0.05, 0.1) is 0 Å². The van der Waals surface area contributed by atoms with E-state index in [4.69, 9.17) is 4.74 Å². The topological polar surface area (TPSA) is 51.2 Å². The summed E-state index contributed by atoms with van der Waals surface area (Å²) in [4.78, 5) is 15.7. The van der Waals surface area contributed by atoms with Crippen molar-refractivity contribution in [2.24, 2.45) is 0 Å². The van der Waals surface area contributed by atoms with Gasteiger partial charge in [0.15, 0.2) is 6.61 Å². The van der Waals surface area contributed by atoms with Crippen LogP contribution in [0.25, 0.3) is 0 Å². The molecule has 0 aliphatic heterocycles. The average Bonchev–Trinajstić information content (AvgIpc) is 2.51. The third-order valence-electron chi connectivity index (χ3n) is 3.05. The van der Waals surface area contributed by atoms with Crippen LogP contribution in [-0.2, 0) is 11.2 Å². The van der Waals surface area contributed by atoms with Crippen molar-refractivity contribution < 1.29 is 9.53 Å². The SMILES string of the molecule is Cc1cccc(OCC(=O)NCCCc2cccnc2)c1. The lowest BCUT2D eigenvalue weighted by molar-refractivity contribution is -0.123. The van der Waals surface area contributed by atoms with Gasteiger partial charge in [-0.05, 0) is 49.1 Å². The van der Waals surface area contributed by atoms with Crippen LogP contribution in [0.1, 0.15) is 17.5 Å². The van der Waals surface area contributed by atoms with Gasteiger partial charge in [-0.3, -0.25) is 9.78 Å². The molecule has 0 unspecified atom stereocenters. The van der Waals surface area contributed by atoms with Crippen molar-refractivity contribution in [3.8, 4) is 5.75 Å². The number of nitrogens with one attached hydrogen (secondary N) is 1. The lowest BCUT2D eigenvalue weighted by Crippen LogP contribution is -2.29. The number of amides is 1. The van der Waals surface area contributed by atoms with Crippen LogP contribution in [-0.4, -0.2) is 24.0 Å². The van der Waals surface area contributed by atoms with Crippen LogP contribution in [0, 0.1) is 6.92 Å². The van der Waals surface area contributed by atoms with E-state index in [-0.39, 0.29) is 12.5 Å². The molecule has 2 rings (SSSR count). The molecule has 21 heavy (non-hydrogen) atoms. The Kier molecular flexibility index (Phi) is 5.76. The van der Waals surface area contributed by atoms with Crippen LogP contribution < -0.4 is 10.1 Å². The highest BCUT2D eigenvalue weighted by molar-refractivity contribution is 5.77. The van der Waals surface area contributed by atoms with Crippen molar-refractivity contribution in [2.45, 2.75) is 19.8 Å². The lowest BCUT2D eigenvalue weighted by atomic mass is 10.1. The molecule has 110 valence electrons. The normalized spacial score (nSPS) is 10.1. The van der Waals surface area contributed by atoms with Gasteiger partial charge in [0, 0.05) is 18.9 Å². The second kappa shape index (κ2) is 8.04. The Balaban J connectivity index is 1.62. The average molecular weight is 284 g/mol. The van der Waals surface area contributed by atoms with Crippen molar-refractivity contribution in [1.29, 1.82) is 0 Å². The summed E-state index contributed by atoms with van der Waals surface area (Å²) < 4.78 is 5.44. The van der Waals surface area contributed by atoms with E-state index in [2.05, 4.69) is 10.3 Å². The van der Waals surface area contributed by atoms with Gasteiger partial charge in [0.2, 0.25) is 0 Å². The molecule has 0 saturated heterocycles. The third kappa shape index (κ3) is 5.65. The standard InChI is InChI=1S/C17H20N2O2/c1-14-5-2-8-16(11-14)21-13-17(20)19-10-4-7-15-6-3-9-18-12-15/h2-3,5-6,8-9,11-12H,4,7,10,13H2,1H3,(H,19,20). The largest absolute Gasteiger partial charge is 0.484 e. The van der Waals surface area contributed by atoms with Gasteiger partial charge in [-0.2, -0.15) is 0 Å². The van der Waals surface area contributed by atoms with Crippen LogP contribution >= 0.6 is 0 Å². The number of rotatable bonds is 7. The molecule has 1 aromatic carbocycles. The maximum absolute atomic E-state index is 11.7. The second-order valence-electron chi connectivity index (χ2n) is 4.92. The van der Waals surface area contributed by atoms with Crippen molar-refractivity contribution in [1.82, 2.24) is 10.3 Å². The predicted octanol–water partition coefficient (Wildman–Crippen LogP) is 2.52. The minimum absolute atomic E-state index is 0.0519. The Labute approximate surface area is 125 Å². The zero-order valence-electron chi connectivity index (χ0n) is 12.2. The number of aromatic nitrogens is 1. The molecule has 2 aromatic rings. The number of carbonyl (C=O) groups is 1. The Morgan fingerprint density at radius 2 is 2.19 bits per heavy atom. The van der Waals surface area contributed by atoms with E-state index in [1.807, 2.05) is 49.5 Å². The van der Waals surface area contributed by atoms with Crippen LogP contribution in [0.5, 0.6) is 5.75 Å². The summed E-state index contributed by atoms with van der Waals surface area (Å²) >= 11 is 0. The number of benzene rings is 1. The van der Waals surface area contributed by atoms with E-state index >= 15 is 0 Å². The Morgan fingerprint density at radius 3 is 2.95 bits per heavy atom.